The van der Waals surface area contributed by atoms with Gasteiger partial charge < -0.3 is 25.2 Å². The smallest absolute Gasteiger partial charge is 0.317 e. The van der Waals surface area contributed by atoms with Crippen LogP contribution in [0.15, 0.2) is 0 Å². The average Bonchev–Trinajstić information content (AvgIpc) is 2.40. The Balaban J connectivity index is 2.42. The molecular weight excluding hydrogens is 276 g/mol. The fourth-order valence-electron chi connectivity index (χ4n) is 2.39. The molecule has 1 saturated heterocycles. The number of rotatable bonds is 6. The number of carboxylic acids is 1. The van der Waals surface area contributed by atoms with Crippen LogP contribution in [0.25, 0.3) is 0 Å². The van der Waals surface area contributed by atoms with Crippen LogP contribution in [-0.2, 0) is 9.53 Å². The molecule has 2 unspecified atom stereocenters. The van der Waals surface area contributed by atoms with Gasteiger partial charge in [-0.15, -0.1) is 0 Å². The number of carbonyl (C=O) groups excluding carboxylic acids is 1. The zero-order chi connectivity index (χ0) is 16.0. The molecule has 1 rings (SSSR count). The fraction of sp³-hybridized carbons (Fsp3) is 0.857. The number of amides is 2. The summed E-state index contributed by atoms with van der Waals surface area (Å²) in [6, 6.07) is -0.202. The van der Waals surface area contributed by atoms with Gasteiger partial charge in [0.15, 0.2) is 0 Å². The van der Waals surface area contributed by atoms with Crippen molar-refractivity contribution in [2.45, 2.75) is 45.3 Å². The maximum atomic E-state index is 12.2. The Labute approximate surface area is 125 Å². The summed E-state index contributed by atoms with van der Waals surface area (Å²) in [5.41, 5.74) is -0.488. The summed E-state index contributed by atoms with van der Waals surface area (Å²) < 4.78 is 5.66. The van der Waals surface area contributed by atoms with Gasteiger partial charge in [0.2, 0.25) is 0 Å². The van der Waals surface area contributed by atoms with Crippen LogP contribution in [0.5, 0.6) is 0 Å². The molecule has 2 atom stereocenters. The third kappa shape index (κ3) is 6.31. The van der Waals surface area contributed by atoms with Crippen LogP contribution in [0, 0.1) is 5.92 Å². The molecule has 0 aliphatic carbocycles. The van der Waals surface area contributed by atoms with Crippen molar-refractivity contribution in [2.75, 3.05) is 26.2 Å². The zero-order valence-corrected chi connectivity index (χ0v) is 13.0. The van der Waals surface area contributed by atoms with Crippen molar-refractivity contribution in [3.8, 4) is 0 Å². The van der Waals surface area contributed by atoms with E-state index >= 15 is 0 Å². The number of aliphatic hydroxyl groups is 1. The third-order valence-electron chi connectivity index (χ3n) is 3.42. The zero-order valence-electron chi connectivity index (χ0n) is 13.0. The molecule has 1 fully saturated rings. The Morgan fingerprint density at radius 1 is 1.48 bits per heavy atom. The lowest BCUT2D eigenvalue weighted by Gasteiger charge is -2.42. The largest absolute Gasteiger partial charge is 0.481 e. The molecule has 0 saturated carbocycles. The Kier molecular flexibility index (Phi) is 6.42. The second-order valence-corrected chi connectivity index (χ2v) is 6.29. The number of aliphatic carboxylic acids is 1. The first kappa shape index (κ1) is 17.7. The summed E-state index contributed by atoms with van der Waals surface area (Å²) in [7, 11) is 0. The van der Waals surface area contributed by atoms with Crippen LogP contribution in [0.4, 0.5) is 4.79 Å². The first-order valence-electron chi connectivity index (χ1n) is 7.26. The Morgan fingerprint density at radius 2 is 2.14 bits per heavy atom. The molecule has 0 spiro atoms. The molecule has 2 amide bonds. The number of hydrogen-bond donors (Lipinski definition) is 3. The van der Waals surface area contributed by atoms with E-state index in [1.807, 2.05) is 20.8 Å². The highest BCUT2D eigenvalue weighted by Crippen LogP contribution is 2.20. The van der Waals surface area contributed by atoms with Gasteiger partial charge in [-0.3, -0.25) is 4.79 Å². The number of carbonyl (C=O) groups is 2. The lowest BCUT2D eigenvalue weighted by Crippen LogP contribution is -2.57. The van der Waals surface area contributed by atoms with E-state index in [1.54, 1.807) is 4.90 Å². The molecule has 0 aromatic rings. The molecule has 7 heteroatoms. The summed E-state index contributed by atoms with van der Waals surface area (Å²) in [5.74, 6) is -0.721. The number of morpholine rings is 1. The number of nitrogens with one attached hydrogen (secondary N) is 1. The third-order valence-corrected chi connectivity index (χ3v) is 3.42. The minimum Gasteiger partial charge on any atom is -0.481 e. The van der Waals surface area contributed by atoms with Crippen LogP contribution in [0.2, 0.25) is 0 Å². The average molecular weight is 302 g/mol. The van der Waals surface area contributed by atoms with Crippen molar-refractivity contribution in [3.05, 3.63) is 0 Å². The Morgan fingerprint density at radius 3 is 2.71 bits per heavy atom. The Hall–Kier alpha value is -1.34. The highest BCUT2D eigenvalue weighted by molar-refractivity contribution is 5.74. The number of ether oxygens (including phenoxy) is 1. The molecule has 7 nitrogen and oxygen atoms in total. The second kappa shape index (κ2) is 7.61. The second-order valence-electron chi connectivity index (χ2n) is 6.29. The SMILES string of the molecule is CC(CCC(=O)O)CNC(=O)N1CC(CO)OC(C)(C)C1. The molecule has 21 heavy (non-hydrogen) atoms. The van der Waals surface area contributed by atoms with Crippen LogP contribution >= 0.6 is 0 Å². The van der Waals surface area contributed by atoms with Crippen LogP contribution < -0.4 is 5.32 Å². The van der Waals surface area contributed by atoms with E-state index in [0.29, 0.717) is 26.1 Å². The predicted octanol–water partition coefficient (Wildman–Crippen LogP) is 0.669. The van der Waals surface area contributed by atoms with Crippen molar-refractivity contribution < 1.29 is 24.5 Å². The summed E-state index contributed by atoms with van der Waals surface area (Å²) >= 11 is 0. The van der Waals surface area contributed by atoms with Gasteiger partial charge in [0.1, 0.15) is 0 Å². The molecule has 0 aromatic heterocycles. The van der Waals surface area contributed by atoms with E-state index < -0.39 is 11.6 Å². The maximum absolute atomic E-state index is 12.2. The molecule has 1 aliphatic rings. The van der Waals surface area contributed by atoms with Gasteiger partial charge in [-0.25, -0.2) is 4.79 Å². The first-order valence-corrected chi connectivity index (χ1v) is 7.26. The highest BCUT2D eigenvalue weighted by Gasteiger charge is 2.35. The van der Waals surface area contributed by atoms with E-state index in [4.69, 9.17) is 9.84 Å². The van der Waals surface area contributed by atoms with Gasteiger partial charge in [0, 0.05) is 13.0 Å². The number of hydrogen-bond acceptors (Lipinski definition) is 4. The van der Waals surface area contributed by atoms with E-state index in [1.165, 1.54) is 0 Å². The van der Waals surface area contributed by atoms with E-state index in [-0.39, 0.29) is 31.1 Å². The standard InChI is InChI=1S/C14H26N2O5/c1-10(4-5-12(18)19)6-15-13(20)16-7-11(8-17)21-14(2,3)9-16/h10-11,17H,4-9H2,1-3H3,(H,15,20)(H,18,19). The van der Waals surface area contributed by atoms with E-state index in [2.05, 4.69) is 5.32 Å². The predicted molar refractivity (Wildman–Crippen MR) is 77.0 cm³/mol. The molecule has 122 valence electrons. The lowest BCUT2D eigenvalue weighted by molar-refractivity contribution is -0.138. The topological polar surface area (TPSA) is 99.1 Å². The van der Waals surface area contributed by atoms with Gasteiger partial charge in [-0.2, -0.15) is 0 Å². The molecule has 0 bridgehead atoms. The van der Waals surface area contributed by atoms with Crippen LogP contribution in [-0.4, -0.2) is 65.1 Å². The maximum Gasteiger partial charge on any atom is 0.317 e. The summed E-state index contributed by atoms with van der Waals surface area (Å²) in [6.07, 6.45) is 0.265. The minimum absolute atomic E-state index is 0.104. The lowest BCUT2D eigenvalue weighted by atomic mass is 10.1. The summed E-state index contributed by atoms with van der Waals surface area (Å²) in [4.78, 5) is 24.3. The van der Waals surface area contributed by atoms with Gasteiger partial charge >= 0.3 is 12.0 Å². The molecular formula is C14H26N2O5. The number of urea groups is 1. The molecule has 0 aromatic carbocycles. The quantitative estimate of drug-likeness (QED) is 0.669. The summed E-state index contributed by atoms with van der Waals surface area (Å²) in [6.45, 7) is 6.79. The van der Waals surface area contributed by atoms with E-state index in [0.717, 1.165) is 0 Å². The molecule has 1 heterocycles. The van der Waals surface area contributed by atoms with Crippen LogP contribution in [0.3, 0.4) is 0 Å². The van der Waals surface area contributed by atoms with Gasteiger partial charge in [0.05, 0.1) is 31.4 Å². The van der Waals surface area contributed by atoms with Gasteiger partial charge in [0.25, 0.3) is 0 Å². The van der Waals surface area contributed by atoms with Crippen molar-refractivity contribution in [3.63, 3.8) is 0 Å². The first-order chi connectivity index (χ1) is 9.73. The highest BCUT2D eigenvalue weighted by atomic mass is 16.5. The van der Waals surface area contributed by atoms with Crippen molar-refractivity contribution in [1.82, 2.24) is 10.2 Å². The number of aliphatic hydroxyl groups excluding tert-OH is 1. The van der Waals surface area contributed by atoms with Crippen molar-refractivity contribution >= 4 is 12.0 Å². The molecule has 1 aliphatic heterocycles. The van der Waals surface area contributed by atoms with E-state index in [9.17, 15) is 14.7 Å². The number of nitrogens with zero attached hydrogens (tertiary/aromatic N) is 1. The normalized spacial score (nSPS) is 22.7. The minimum atomic E-state index is -0.825. The Bertz CT molecular complexity index is 372. The molecule has 0 radical (unpaired) electrons. The number of carboxylic acid groups (broad SMARTS) is 1. The summed E-state index contributed by atoms with van der Waals surface area (Å²) in [5, 5.41) is 20.7. The van der Waals surface area contributed by atoms with Gasteiger partial charge in [-0.05, 0) is 26.2 Å². The van der Waals surface area contributed by atoms with Gasteiger partial charge in [-0.1, -0.05) is 6.92 Å². The van der Waals surface area contributed by atoms with Crippen molar-refractivity contribution in [2.24, 2.45) is 5.92 Å². The van der Waals surface area contributed by atoms with Crippen molar-refractivity contribution in [1.29, 1.82) is 0 Å². The molecule has 3 N–H and O–H groups in total. The van der Waals surface area contributed by atoms with Crippen LogP contribution in [0.1, 0.15) is 33.6 Å². The fourth-order valence-corrected chi connectivity index (χ4v) is 2.39. The monoisotopic (exact) mass is 302 g/mol.